The molecule has 0 saturated carbocycles. The average molecular weight is 461 g/mol. The number of imide groups is 1. The minimum Gasteiger partial charge on any atom is -0.349 e. The van der Waals surface area contributed by atoms with Crippen molar-refractivity contribution < 1.29 is 18.8 Å². The molecule has 2 aromatic carbocycles. The lowest BCUT2D eigenvalue weighted by Gasteiger charge is -2.12. The van der Waals surface area contributed by atoms with Crippen LogP contribution in [-0.2, 0) is 4.79 Å². The highest BCUT2D eigenvalue weighted by atomic mass is 35.5. The molecule has 30 heavy (non-hydrogen) atoms. The Balaban J connectivity index is 1.39. The molecule has 9 heteroatoms. The number of fused-ring (bicyclic) bond motifs is 1. The Kier molecular flexibility index (Phi) is 5.90. The predicted octanol–water partition coefficient (Wildman–Crippen LogP) is 5.16. The summed E-state index contributed by atoms with van der Waals surface area (Å²) in [5.41, 5.74) is 0.620. The minimum absolute atomic E-state index is 0.0413. The van der Waals surface area contributed by atoms with E-state index in [1.54, 1.807) is 6.08 Å². The smallest absolute Gasteiger partial charge is 0.293 e. The van der Waals surface area contributed by atoms with Crippen LogP contribution < -0.4 is 5.32 Å². The first kappa shape index (κ1) is 20.6. The molecule has 3 amide bonds. The zero-order valence-electron chi connectivity index (χ0n) is 15.4. The number of carbonyl (C=O) groups is 3. The van der Waals surface area contributed by atoms with Crippen LogP contribution in [0, 0.1) is 5.82 Å². The first-order valence-corrected chi connectivity index (χ1v) is 10.9. The normalized spacial score (nSPS) is 15.4. The van der Waals surface area contributed by atoms with Gasteiger partial charge in [-0.15, -0.1) is 11.3 Å². The van der Waals surface area contributed by atoms with Crippen molar-refractivity contribution in [3.05, 3.63) is 74.7 Å². The number of hydrogen-bond acceptors (Lipinski definition) is 5. The summed E-state index contributed by atoms with van der Waals surface area (Å²) in [5.74, 6) is -1.17. The first-order chi connectivity index (χ1) is 14.4. The van der Waals surface area contributed by atoms with E-state index in [0.717, 1.165) is 26.7 Å². The van der Waals surface area contributed by atoms with Crippen LogP contribution in [0.2, 0.25) is 5.02 Å². The number of benzene rings is 2. The van der Waals surface area contributed by atoms with Crippen molar-refractivity contribution >= 4 is 67.9 Å². The molecule has 1 N–H and O–H groups in total. The monoisotopic (exact) mass is 460 g/mol. The molecule has 1 aliphatic heterocycles. The number of thioether (sulfide) groups is 1. The second-order valence-electron chi connectivity index (χ2n) is 6.38. The van der Waals surface area contributed by atoms with Crippen LogP contribution in [0.15, 0.2) is 53.4 Å². The van der Waals surface area contributed by atoms with Gasteiger partial charge in [0.05, 0.1) is 9.93 Å². The van der Waals surface area contributed by atoms with Gasteiger partial charge in [-0.1, -0.05) is 41.9 Å². The van der Waals surface area contributed by atoms with Crippen molar-refractivity contribution in [3.63, 3.8) is 0 Å². The van der Waals surface area contributed by atoms with Gasteiger partial charge in [0.2, 0.25) is 0 Å². The summed E-state index contributed by atoms with van der Waals surface area (Å²) in [6.45, 7) is 0.144. The highest BCUT2D eigenvalue weighted by Gasteiger charge is 2.34. The van der Waals surface area contributed by atoms with Gasteiger partial charge >= 0.3 is 0 Å². The molecule has 4 rings (SSSR count). The van der Waals surface area contributed by atoms with E-state index in [0.29, 0.717) is 15.5 Å². The molecule has 0 aliphatic carbocycles. The van der Waals surface area contributed by atoms with E-state index >= 15 is 0 Å². The van der Waals surface area contributed by atoms with E-state index in [1.807, 2.05) is 24.3 Å². The third-order valence-corrected chi connectivity index (χ3v) is 6.99. The molecule has 1 fully saturated rings. The molecule has 0 bridgehead atoms. The van der Waals surface area contributed by atoms with Crippen LogP contribution in [0.1, 0.15) is 15.2 Å². The number of halogens is 2. The number of hydrogen-bond donors (Lipinski definition) is 1. The van der Waals surface area contributed by atoms with Crippen molar-refractivity contribution in [2.75, 3.05) is 13.1 Å². The van der Waals surface area contributed by atoms with Gasteiger partial charge in [0.25, 0.3) is 17.1 Å². The van der Waals surface area contributed by atoms with Crippen LogP contribution in [0.5, 0.6) is 0 Å². The molecule has 0 spiro atoms. The van der Waals surface area contributed by atoms with E-state index < -0.39 is 11.1 Å². The maximum Gasteiger partial charge on any atom is 0.293 e. The lowest BCUT2D eigenvalue weighted by Crippen LogP contribution is -2.37. The van der Waals surface area contributed by atoms with Crippen LogP contribution in [0.4, 0.5) is 9.18 Å². The third-order valence-electron chi connectivity index (χ3n) is 4.40. The number of nitrogens with zero attached hydrogens (tertiary/aromatic N) is 1. The highest BCUT2D eigenvalue weighted by molar-refractivity contribution is 8.18. The Morgan fingerprint density at radius 2 is 1.87 bits per heavy atom. The molecular weight excluding hydrogens is 447 g/mol. The van der Waals surface area contributed by atoms with Crippen molar-refractivity contribution in [2.24, 2.45) is 0 Å². The summed E-state index contributed by atoms with van der Waals surface area (Å²) >= 11 is 8.41. The zero-order valence-corrected chi connectivity index (χ0v) is 17.7. The largest absolute Gasteiger partial charge is 0.349 e. The van der Waals surface area contributed by atoms with Crippen LogP contribution in [-0.4, -0.2) is 35.0 Å². The van der Waals surface area contributed by atoms with Gasteiger partial charge in [0.15, 0.2) is 0 Å². The second-order valence-corrected chi connectivity index (χ2v) is 8.81. The van der Waals surface area contributed by atoms with Crippen LogP contribution in [0.3, 0.4) is 0 Å². The Bertz CT molecular complexity index is 1190. The molecule has 2 heterocycles. The minimum atomic E-state index is -0.441. The van der Waals surface area contributed by atoms with Gasteiger partial charge in [-0.25, -0.2) is 4.39 Å². The predicted molar refractivity (Wildman–Crippen MR) is 118 cm³/mol. The Morgan fingerprint density at radius 1 is 1.13 bits per heavy atom. The highest BCUT2D eigenvalue weighted by Crippen LogP contribution is 2.35. The fourth-order valence-corrected chi connectivity index (χ4v) is 5.22. The Labute approximate surface area is 184 Å². The SMILES string of the molecule is O=C(NCCN1C(=O)S/C(=C\c2ccc(F)cc2)C1=O)c1sc2ccccc2c1Cl. The molecule has 152 valence electrons. The molecule has 3 aromatic rings. The Hall–Kier alpha value is -2.68. The van der Waals surface area contributed by atoms with Gasteiger partial charge in [0, 0.05) is 23.2 Å². The molecule has 1 aliphatic rings. The van der Waals surface area contributed by atoms with E-state index in [2.05, 4.69) is 5.32 Å². The summed E-state index contributed by atoms with van der Waals surface area (Å²) < 4.78 is 13.9. The fourth-order valence-electron chi connectivity index (χ4n) is 2.92. The quantitative estimate of drug-likeness (QED) is 0.534. The van der Waals surface area contributed by atoms with E-state index in [1.165, 1.54) is 35.6 Å². The summed E-state index contributed by atoms with van der Waals surface area (Å²) in [5, 5.41) is 3.50. The number of nitrogens with one attached hydrogen (secondary N) is 1. The standard InChI is InChI=1S/C21H14ClFN2O3S2/c22-17-14-3-1-2-4-15(14)29-18(17)19(26)24-9-10-25-20(27)16(30-21(25)28)11-12-5-7-13(23)8-6-12/h1-8,11H,9-10H2,(H,24,26)/b16-11-. The summed E-state index contributed by atoms with van der Waals surface area (Å²) in [6.07, 6.45) is 1.54. The number of thiophene rings is 1. The van der Waals surface area contributed by atoms with Crippen LogP contribution in [0.25, 0.3) is 16.2 Å². The van der Waals surface area contributed by atoms with Crippen molar-refractivity contribution in [1.29, 1.82) is 0 Å². The average Bonchev–Trinajstić information content (AvgIpc) is 3.21. The summed E-state index contributed by atoms with van der Waals surface area (Å²) in [7, 11) is 0. The molecule has 0 atom stereocenters. The third kappa shape index (κ3) is 4.12. The number of amides is 3. The maximum atomic E-state index is 13.0. The van der Waals surface area contributed by atoms with Gasteiger partial charge in [-0.3, -0.25) is 19.3 Å². The van der Waals surface area contributed by atoms with Crippen LogP contribution >= 0.6 is 34.7 Å². The molecule has 0 radical (unpaired) electrons. The second kappa shape index (κ2) is 8.59. The molecule has 1 saturated heterocycles. The lowest BCUT2D eigenvalue weighted by atomic mass is 10.2. The summed E-state index contributed by atoms with van der Waals surface area (Å²) in [6, 6.07) is 13.1. The maximum absolute atomic E-state index is 13.0. The lowest BCUT2D eigenvalue weighted by molar-refractivity contribution is -0.122. The zero-order chi connectivity index (χ0) is 21.3. The topological polar surface area (TPSA) is 66.5 Å². The van der Waals surface area contributed by atoms with E-state index in [4.69, 9.17) is 11.6 Å². The van der Waals surface area contributed by atoms with E-state index in [-0.39, 0.29) is 29.7 Å². The summed E-state index contributed by atoms with van der Waals surface area (Å²) in [4.78, 5) is 38.9. The number of carbonyl (C=O) groups excluding carboxylic acids is 3. The van der Waals surface area contributed by atoms with Gasteiger partial charge in [0.1, 0.15) is 10.7 Å². The molecule has 0 unspecified atom stereocenters. The molecule has 1 aromatic heterocycles. The van der Waals surface area contributed by atoms with Crippen molar-refractivity contribution in [3.8, 4) is 0 Å². The van der Waals surface area contributed by atoms with E-state index in [9.17, 15) is 18.8 Å². The van der Waals surface area contributed by atoms with Gasteiger partial charge < -0.3 is 5.32 Å². The first-order valence-electron chi connectivity index (χ1n) is 8.90. The Morgan fingerprint density at radius 3 is 2.60 bits per heavy atom. The van der Waals surface area contributed by atoms with Gasteiger partial charge in [-0.2, -0.15) is 0 Å². The molecular formula is C21H14ClFN2O3S2. The number of rotatable bonds is 5. The fraction of sp³-hybridized carbons (Fsp3) is 0.0952. The van der Waals surface area contributed by atoms with Crippen molar-refractivity contribution in [2.45, 2.75) is 0 Å². The van der Waals surface area contributed by atoms with Crippen molar-refractivity contribution in [1.82, 2.24) is 10.2 Å². The van der Waals surface area contributed by atoms with Gasteiger partial charge in [-0.05, 0) is 41.6 Å². The molecule has 5 nitrogen and oxygen atoms in total.